The number of amides is 3. The molecule has 5 rings (SSSR count). The van der Waals surface area contributed by atoms with Crippen LogP contribution >= 0.6 is 11.6 Å². The molecule has 0 bridgehead atoms. The number of methoxy groups -OCH3 is 1. The lowest BCUT2D eigenvalue weighted by Gasteiger charge is -2.36. The van der Waals surface area contributed by atoms with Gasteiger partial charge in [0.15, 0.2) is 11.5 Å². The molecule has 40 heavy (non-hydrogen) atoms. The molecule has 10 nitrogen and oxygen atoms in total. The van der Waals surface area contributed by atoms with Crippen molar-refractivity contribution in [3.8, 4) is 11.5 Å². The van der Waals surface area contributed by atoms with E-state index >= 15 is 0 Å². The molecule has 11 heteroatoms. The zero-order valence-electron chi connectivity index (χ0n) is 23.1. The standard InChI is InChI=1S/C29H36ClN5O5/c1-3-4-5-14-40-25-16-22(7-8-24(25)38-2)35-12-6-11-32(29(35)37)17-21-9-10-31-28-27(21)23(30)18-34(28)19-26(36)33-13-15-39-20-33/h7-10,16,18H,3-6,11-15,17,19-20H2,1-2H3. The number of ether oxygens (including phenoxy) is 3. The van der Waals surface area contributed by atoms with E-state index in [1.54, 1.807) is 33.9 Å². The Labute approximate surface area is 239 Å². The fourth-order valence-corrected chi connectivity index (χ4v) is 5.52. The monoisotopic (exact) mass is 569 g/mol. The van der Waals surface area contributed by atoms with Gasteiger partial charge in [-0.2, -0.15) is 0 Å². The van der Waals surface area contributed by atoms with Crippen molar-refractivity contribution in [3.05, 3.63) is 47.2 Å². The smallest absolute Gasteiger partial charge is 0.324 e. The van der Waals surface area contributed by atoms with Crippen LogP contribution in [0, 0.1) is 0 Å². The molecule has 2 fully saturated rings. The van der Waals surface area contributed by atoms with E-state index in [1.807, 2.05) is 29.2 Å². The molecule has 2 aromatic heterocycles. The second-order valence-corrected chi connectivity index (χ2v) is 10.5. The van der Waals surface area contributed by atoms with E-state index in [9.17, 15) is 9.59 Å². The molecule has 3 amide bonds. The molecule has 3 aromatic rings. The average molecular weight is 570 g/mol. The third kappa shape index (κ3) is 5.97. The lowest BCUT2D eigenvalue weighted by atomic mass is 10.1. The first-order chi connectivity index (χ1) is 19.5. The lowest BCUT2D eigenvalue weighted by Crippen LogP contribution is -2.49. The Morgan fingerprint density at radius 3 is 2.80 bits per heavy atom. The first-order valence-electron chi connectivity index (χ1n) is 13.8. The number of nitrogens with zero attached hydrogens (tertiary/aromatic N) is 5. The second-order valence-electron chi connectivity index (χ2n) is 10.1. The van der Waals surface area contributed by atoms with Gasteiger partial charge in [0.1, 0.15) is 18.9 Å². The number of rotatable bonds is 11. The summed E-state index contributed by atoms with van der Waals surface area (Å²) in [7, 11) is 1.62. The average Bonchev–Trinajstić information content (AvgIpc) is 3.61. The molecule has 1 aromatic carbocycles. The van der Waals surface area contributed by atoms with Gasteiger partial charge in [-0.25, -0.2) is 9.78 Å². The van der Waals surface area contributed by atoms with E-state index in [4.69, 9.17) is 25.8 Å². The molecule has 0 unspecified atom stereocenters. The first-order valence-corrected chi connectivity index (χ1v) is 14.2. The summed E-state index contributed by atoms with van der Waals surface area (Å²) >= 11 is 6.66. The van der Waals surface area contributed by atoms with Crippen molar-refractivity contribution in [2.24, 2.45) is 0 Å². The van der Waals surface area contributed by atoms with Crippen LogP contribution in [-0.4, -0.2) is 78.0 Å². The Bertz CT molecular complexity index is 1360. The van der Waals surface area contributed by atoms with Gasteiger partial charge in [0.05, 0.1) is 25.3 Å². The number of anilines is 1. The van der Waals surface area contributed by atoms with Crippen LogP contribution in [0.25, 0.3) is 11.0 Å². The minimum Gasteiger partial charge on any atom is -0.493 e. The largest absolute Gasteiger partial charge is 0.493 e. The van der Waals surface area contributed by atoms with Gasteiger partial charge < -0.3 is 28.6 Å². The molecule has 2 aliphatic rings. The topological polar surface area (TPSA) is 89.4 Å². The van der Waals surface area contributed by atoms with E-state index < -0.39 is 0 Å². The Balaban J connectivity index is 1.33. The van der Waals surface area contributed by atoms with Crippen LogP contribution in [0.1, 0.15) is 38.2 Å². The molecule has 0 spiro atoms. The molecule has 0 aliphatic carbocycles. The van der Waals surface area contributed by atoms with Crippen LogP contribution in [-0.2, 0) is 22.6 Å². The molecule has 0 saturated carbocycles. The minimum absolute atomic E-state index is 0.0478. The fraction of sp³-hybridized carbons (Fsp3) is 0.483. The predicted octanol–water partition coefficient (Wildman–Crippen LogP) is 4.92. The summed E-state index contributed by atoms with van der Waals surface area (Å²) in [5.41, 5.74) is 2.28. The normalized spacial score (nSPS) is 15.8. The fourth-order valence-electron chi connectivity index (χ4n) is 5.19. The Kier molecular flexibility index (Phi) is 8.96. The van der Waals surface area contributed by atoms with Crippen molar-refractivity contribution < 1.29 is 23.8 Å². The molecular weight excluding hydrogens is 534 g/mol. The van der Waals surface area contributed by atoms with Crippen LogP contribution in [0.15, 0.2) is 36.7 Å². The minimum atomic E-state index is -0.0851. The highest BCUT2D eigenvalue weighted by atomic mass is 35.5. The van der Waals surface area contributed by atoms with E-state index in [0.717, 1.165) is 42.3 Å². The predicted molar refractivity (Wildman–Crippen MR) is 153 cm³/mol. The Hall–Kier alpha value is -3.50. The van der Waals surface area contributed by atoms with Crippen molar-refractivity contribution in [2.45, 2.75) is 45.7 Å². The highest BCUT2D eigenvalue weighted by Crippen LogP contribution is 2.34. The van der Waals surface area contributed by atoms with Crippen LogP contribution in [0.2, 0.25) is 5.02 Å². The van der Waals surface area contributed by atoms with Gasteiger partial charge in [-0.1, -0.05) is 31.4 Å². The summed E-state index contributed by atoms with van der Waals surface area (Å²) in [6, 6.07) is 7.43. The maximum Gasteiger partial charge on any atom is 0.324 e. The molecular formula is C29H36ClN5O5. The van der Waals surface area contributed by atoms with Crippen molar-refractivity contribution in [2.75, 3.05) is 51.6 Å². The van der Waals surface area contributed by atoms with Crippen LogP contribution in [0.4, 0.5) is 10.5 Å². The second kappa shape index (κ2) is 12.8. The summed E-state index contributed by atoms with van der Waals surface area (Å²) < 4.78 is 18.6. The number of carbonyl (C=O) groups is 2. The van der Waals surface area contributed by atoms with Gasteiger partial charge in [0.2, 0.25) is 5.91 Å². The molecule has 214 valence electrons. The third-order valence-electron chi connectivity index (χ3n) is 7.35. The van der Waals surface area contributed by atoms with Crippen LogP contribution < -0.4 is 14.4 Å². The van der Waals surface area contributed by atoms with Gasteiger partial charge in [0.25, 0.3) is 0 Å². The summed E-state index contributed by atoms with van der Waals surface area (Å²) in [4.78, 5) is 36.2. The summed E-state index contributed by atoms with van der Waals surface area (Å²) in [6.45, 7) is 5.93. The third-order valence-corrected chi connectivity index (χ3v) is 7.63. The van der Waals surface area contributed by atoms with E-state index in [0.29, 0.717) is 68.3 Å². The Morgan fingerprint density at radius 2 is 2.02 bits per heavy atom. The van der Waals surface area contributed by atoms with Crippen molar-refractivity contribution >= 4 is 40.3 Å². The maximum atomic E-state index is 13.7. The summed E-state index contributed by atoms with van der Waals surface area (Å²) in [5, 5.41) is 1.26. The summed E-state index contributed by atoms with van der Waals surface area (Å²) in [5.74, 6) is 1.24. The van der Waals surface area contributed by atoms with Crippen molar-refractivity contribution in [1.82, 2.24) is 19.4 Å². The number of benzene rings is 1. The molecule has 0 N–H and O–H groups in total. The number of aromatic nitrogens is 2. The number of urea groups is 1. The number of pyridine rings is 1. The highest BCUT2D eigenvalue weighted by molar-refractivity contribution is 6.35. The number of hydrogen-bond acceptors (Lipinski definition) is 6. The van der Waals surface area contributed by atoms with Gasteiger partial charge in [-0.15, -0.1) is 0 Å². The van der Waals surface area contributed by atoms with Crippen molar-refractivity contribution in [3.63, 3.8) is 0 Å². The van der Waals surface area contributed by atoms with Gasteiger partial charge in [0, 0.05) is 55.7 Å². The van der Waals surface area contributed by atoms with E-state index in [2.05, 4.69) is 11.9 Å². The first kappa shape index (κ1) is 28.0. The zero-order chi connectivity index (χ0) is 28.1. The number of fused-ring (bicyclic) bond motifs is 1. The molecule has 2 saturated heterocycles. The van der Waals surface area contributed by atoms with Gasteiger partial charge in [-0.05, 0) is 36.6 Å². The number of carbonyl (C=O) groups excluding carboxylic acids is 2. The van der Waals surface area contributed by atoms with E-state index in [-0.39, 0.29) is 18.5 Å². The summed E-state index contributed by atoms with van der Waals surface area (Å²) in [6.07, 6.45) is 7.43. The number of hydrogen-bond donors (Lipinski definition) is 0. The SMILES string of the molecule is CCCCCOc1cc(N2CCCN(Cc3ccnc4c3c(Cl)cn4CC(=O)N3CCOC3)C2=O)ccc1OC. The van der Waals surface area contributed by atoms with E-state index in [1.165, 1.54) is 0 Å². The zero-order valence-corrected chi connectivity index (χ0v) is 23.9. The number of unbranched alkanes of at least 4 members (excludes halogenated alkanes) is 2. The molecule has 2 aliphatic heterocycles. The van der Waals surface area contributed by atoms with Crippen LogP contribution in [0.5, 0.6) is 11.5 Å². The molecule has 0 atom stereocenters. The van der Waals surface area contributed by atoms with Crippen LogP contribution in [0.3, 0.4) is 0 Å². The quantitative estimate of drug-likeness (QED) is 0.305. The van der Waals surface area contributed by atoms with Crippen molar-refractivity contribution in [1.29, 1.82) is 0 Å². The molecule has 0 radical (unpaired) electrons. The maximum absolute atomic E-state index is 13.7. The lowest BCUT2D eigenvalue weighted by molar-refractivity contribution is -0.132. The van der Waals surface area contributed by atoms with Gasteiger partial charge >= 0.3 is 6.03 Å². The molecule has 4 heterocycles. The Morgan fingerprint density at radius 1 is 1.15 bits per heavy atom. The highest BCUT2D eigenvalue weighted by Gasteiger charge is 2.29. The van der Waals surface area contributed by atoms with Gasteiger partial charge in [-0.3, -0.25) is 9.69 Å². The number of halogens is 1.